The molecule has 1 amide bonds. The van der Waals surface area contributed by atoms with Gasteiger partial charge in [-0.2, -0.15) is 0 Å². The normalized spacial score (nSPS) is 11.5. The van der Waals surface area contributed by atoms with Gasteiger partial charge in [0, 0.05) is 18.8 Å². The second-order valence-electron chi connectivity index (χ2n) is 5.93. The molecule has 0 saturated heterocycles. The van der Waals surface area contributed by atoms with Gasteiger partial charge in [0.05, 0.1) is 6.61 Å². The Morgan fingerprint density at radius 3 is 2.41 bits per heavy atom. The highest BCUT2D eigenvalue weighted by molar-refractivity contribution is 5.96. The van der Waals surface area contributed by atoms with Crippen molar-refractivity contribution < 1.29 is 14.3 Å². The SMILES string of the molecule is CCOC(C)(C)C(=O)Nc1ccc(OCCCN(C)C)cc1. The molecule has 5 heteroatoms. The number of anilines is 1. The van der Waals surface area contributed by atoms with Crippen LogP contribution in [0.25, 0.3) is 0 Å². The maximum Gasteiger partial charge on any atom is 0.256 e. The third-order valence-electron chi connectivity index (χ3n) is 3.18. The van der Waals surface area contributed by atoms with Gasteiger partial charge < -0.3 is 19.7 Å². The number of benzene rings is 1. The molecular weight excluding hydrogens is 280 g/mol. The lowest BCUT2D eigenvalue weighted by Gasteiger charge is -2.23. The number of hydrogen-bond donors (Lipinski definition) is 1. The van der Waals surface area contributed by atoms with E-state index >= 15 is 0 Å². The van der Waals surface area contributed by atoms with E-state index in [1.807, 2.05) is 45.3 Å². The standard InChI is InChI=1S/C17H28N2O3/c1-6-22-17(2,3)16(20)18-14-8-10-15(11-9-14)21-13-7-12-19(4)5/h8-11H,6-7,12-13H2,1-5H3,(H,18,20). The molecule has 0 heterocycles. The summed E-state index contributed by atoms with van der Waals surface area (Å²) in [6, 6.07) is 7.39. The highest BCUT2D eigenvalue weighted by Gasteiger charge is 2.27. The van der Waals surface area contributed by atoms with Crippen molar-refractivity contribution in [3.05, 3.63) is 24.3 Å². The number of rotatable bonds is 9. The van der Waals surface area contributed by atoms with Gasteiger partial charge in [0.25, 0.3) is 5.91 Å². The van der Waals surface area contributed by atoms with Crippen molar-refractivity contribution in [2.75, 3.05) is 39.2 Å². The zero-order valence-corrected chi connectivity index (χ0v) is 14.3. The van der Waals surface area contributed by atoms with Gasteiger partial charge in [0.15, 0.2) is 0 Å². The van der Waals surface area contributed by atoms with Crippen molar-refractivity contribution >= 4 is 11.6 Å². The third-order valence-corrected chi connectivity index (χ3v) is 3.18. The second kappa shape index (κ2) is 8.76. The van der Waals surface area contributed by atoms with Crippen LogP contribution in [0.5, 0.6) is 5.75 Å². The van der Waals surface area contributed by atoms with Crippen LogP contribution in [0, 0.1) is 0 Å². The van der Waals surface area contributed by atoms with E-state index in [0.29, 0.717) is 13.2 Å². The van der Waals surface area contributed by atoms with Crippen LogP contribution in [-0.4, -0.2) is 50.3 Å². The van der Waals surface area contributed by atoms with Crippen molar-refractivity contribution in [1.29, 1.82) is 0 Å². The van der Waals surface area contributed by atoms with Gasteiger partial charge in [0.1, 0.15) is 11.4 Å². The second-order valence-corrected chi connectivity index (χ2v) is 5.93. The van der Waals surface area contributed by atoms with Gasteiger partial charge in [-0.15, -0.1) is 0 Å². The quantitative estimate of drug-likeness (QED) is 0.713. The van der Waals surface area contributed by atoms with Crippen LogP contribution in [0.15, 0.2) is 24.3 Å². The molecule has 0 atom stereocenters. The van der Waals surface area contributed by atoms with Crippen LogP contribution in [0.1, 0.15) is 27.2 Å². The van der Waals surface area contributed by atoms with E-state index in [9.17, 15) is 4.79 Å². The number of amides is 1. The molecule has 0 fully saturated rings. The van der Waals surface area contributed by atoms with Crippen LogP contribution in [0.2, 0.25) is 0 Å². The summed E-state index contributed by atoms with van der Waals surface area (Å²) >= 11 is 0. The molecule has 0 saturated carbocycles. The van der Waals surface area contributed by atoms with Gasteiger partial charge in [-0.3, -0.25) is 4.79 Å². The summed E-state index contributed by atoms with van der Waals surface area (Å²) < 4.78 is 11.1. The summed E-state index contributed by atoms with van der Waals surface area (Å²) in [5.41, 5.74) is -0.103. The average Bonchev–Trinajstić information content (AvgIpc) is 2.45. The molecule has 0 spiro atoms. The summed E-state index contributed by atoms with van der Waals surface area (Å²) in [4.78, 5) is 14.2. The van der Waals surface area contributed by atoms with Crippen LogP contribution >= 0.6 is 0 Å². The first kappa shape index (κ1) is 18.5. The molecule has 1 aromatic carbocycles. The Morgan fingerprint density at radius 2 is 1.86 bits per heavy atom. The Bertz CT molecular complexity index is 455. The topological polar surface area (TPSA) is 50.8 Å². The first-order valence-corrected chi connectivity index (χ1v) is 7.68. The molecule has 1 rings (SSSR count). The Hall–Kier alpha value is -1.59. The summed E-state index contributed by atoms with van der Waals surface area (Å²) in [5, 5.41) is 2.85. The average molecular weight is 308 g/mol. The third kappa shape index (κ3) is 6.45. The van der Waals surface area contributed by atoms with E-state index in [2.05, 4.69) is 10.2 Å². The number of nitrogens with one attached hydrogen (secondary N) is 1. The zero-order valence-electron chi connectivity index (χ0n) is 14.3. The summed E-state index contributed by atoms with van der Waals surface area (Å²) in [6.45, 7) is 7.57. The number of nitrogens with zero attached hydrogens (tertiary/aromatic N) is 1. The molecular formula is C17H28N2O3. The van der Waals surface area contributed by atoms with E-state index in [-0.39, 0.29) is 5.91 Å². The fourth-order valence-corrected chi connectivity index (χ4v) is 1.91. The van der Waals surface area contributed by atoms with Gasteiger partial charge in [-0.05, 0) is 65.6 Å². The summed E-state index contributed by atoms with van der Waals surface area (Å²) in [5.74, 6) is 0.648. The van der Waals surface area contributed by atoms with Gasteiger partial charge >= 0.3 is 0 Å². The molecule has 1 N–H and O–H groups in total. The van der Waals surface area contributed by atoms with Crippen LogP contribution < -0.4 is 10.1 Å². The van der Waals surface area contributed by atoms with Crippen LogP contribution in [-0.2, 0) is 9.53 Å². The van der Waals surface area contributed by atoms with Crippen molar-refractivity contribution in [2.45, 2.75) is 32.8 Å². The Balaban J connectivity index is 2.46. The minimum absolute atomic E-state index is 0.158. The molecule has 0 aliphatic carbocycles. The summed E-state index contributed by atoms with van der Waals surface area (Å²) in [6.07, 6.45) is 0.980. The molecule has 124 valence electrons. The largest absolute Gasteiger partial charge is 0.494 e. The zero-order chi connectivity index (χ0) is 16.6. The van der Waals surface area contributed by atoms with Crippen molar-refractivity contribution in [1.82, 2.24) is 4.90 Å². The predicted octanol–water partition coefficient (Wildman–Crippen LogP) is 2.77. The van der Waals surface area contributed by atoms with E-state index in [4.69, 9.17) is 9.47 Å². The van der Waals surface area contributed by atoms with E-state index in [0.717, 1.165) is 24.4 Å². The lowest BCUT2D eigenvalue weighted by Crippen LogP contribution is -2.39. The molecule has 1 aromatic rings. The molecule has 0 aliphatic heterocycles. The van der Waals surface area contributed by atoms with Crippen molar-refractivity contribution in [3.63, 3.8) is 0 Å². The van der Waals surface area contributed by atoms with E-state index in [1.54, 1.807) is 13.8 Å². The first-order chi connectivity index (χ1) is 10.3. The molecule has 0 bridgehead atoms. The lowest BCUT2D eigenvalue weighted by molar-refractivity contribution is -0.136. The van der Waals surface area contributed by atoms with E-state index < -0.39 is 5.60 Å². The monoisotopic (exact) mass is 308 g/mol. The maximum atomic E-state index is 12.1. The van der Waals surface area contributed by atoms with Gasteiger partial charge in [-0.25, -0.2) is 0 Å². The Labute approximate surface area is 133 Å². The number of carbonyl (C=O) groups excluding carboxylic acids is 1. The Kier molecular flexibility index (Phi) is 7.35. The molecule has 0 radical (unpaired) electrons. The highest BCUT2D eigenvalue weighted by atomic mass is 16.5. The van der Waals surface area contributed by atoms with E-state index in [1.165, 1.54) is 0 Å². The minimum Gasteiger partial charge on any atom is -0.494 e. The molecule has 0 aliphatic rings. The summed E-state index contributed by atoms with van der Waals surface area (Å²) in [7, 11) is 4.09. The molecule has 5 nitrogen and oxygen atoms in total. The molecule has 22 heavy (non-hydrogen) atoms. The van der Waals surface area contributed by atoms with Crippen molar-refractivity contribution in [3.8, 4) is 5.75 Å². The number of ether oxygens (including phenoxy) is 2. The predicted molar refractivity (Wildman–Crippen MR) is 89.4 cm³/mol. The fourth-order valence-electron chi connectivity index (χ4n) is 1.91. The van der Waals surface area contributed by atoms with Crippen LogP contribution in [0.4, 0.5) is 5.69 Å². The first-order valence-electron chi connectivity index (χ1n) is 7.68. The Morgan fingerprint density at radius 1 is 1.23 bits per heavy atom. The lowest BCUT2D eigenvalue weighted by atomic mass is 10.1. The van der Waals surface area contributed by atoms with Crippen LogP contribution in [0.3, 0.4) is 0 Å². The van der Waals surface area contributed by atoms with Gasteiger partial charge in [-0.1, -0.05) is 0 Å². The number of hydrogen-bond acceptors (Lipinski definition) is 4. The minimum atomic E-state index is -0.837. The number of carbonyl (C=O) groups is 1. The highest BCUT2D eigenvalue weighted by Crippen LogP contribution is 2.18. The smallest absolute Gasteiger partial charge is 0.256 e. The maximum absolute atomic E-state index is 12.1. The van der Waals surface area contributed by atoms with Crippen molar-refractivity contribution in [2.24, 2.45) is 0 Å². The fraction of sp³-hybridized carbons (Fsp3) is 0.588. The molecule has 0 aromatic heterocycles. The van der Waals surface area contributed by atoms with Gasteiger partial charge in [0.2, 0.25) is 0 Å². The molecule has 0 unspecified atom stereocenters.